The summed E-state index contributed by atoms with van der Waals surface area (Å²) in [5.41, 5.74) is 1.78. The fraction of sp³-hybridized carbons (Fsp3) is 0.474. The number of rotatable bonds is 9. The molecule has 1 rings (SSSR count). The van der Waals surface area contributed by atoms with Gasteiger partial charge in [0.25, 0.3) is 0 Å². The van der Waals surface area contributed by atoms with Gasteiger partial charge in [0.1, 0.15) is 0 Å². The average molecular weight is 431 g/mol. The van der Waals surface area contributed by atoms with Gasteiger partial charge in [-0.1, -0.05) is 36.4 Å². The highest BCUT2D eigenvalue weighted by molar-refractivity contribution is 6.85. The van der Waals surface area contributed by atoms with E-state index in [9.17, 15) is 0 Å². The molecule has 0 aliphatic rings. The van der Waals surface area contributed by atoms with Crippen LogP contribution in [0.4, 0.5) is 0 Å². The fourth-order valence-corrected chi connectivity index (χ4v) is 4.41. The van der Waals surface area contributed by atoms with E-state index in [0.29, 0.717) is 0 Å². The van der Waals surface area contributed by atoms with E-state index >= 15 is 0 Å². The van der Waals surface area contributed by atoms with Crippen molar-refractivity contribution in [2.75, 3.05) is 35.5 Å². The minimum absolute atomic E-state index is 0.882. The minimum Gasteiger partial charge on any atom is -0.421 e. The Balaban J connectivity index is 0. The normalized spacial score (nSPS) is 11.0. The van der Waals surface area contributed by atoms with Gasteiger partial charge in [0.15, 0.2) is 8.32 Å². The van der Waals surface area contributed by atoms with Crippen molar-refractivity contribution in [1.82, 2.24) is 0 Å². The molecule has 0 aliphatic carbocycles. The van der Waals surface area contributed by atoms with Crippen LogP contribution in [0.1, 0.15) is 0 Å². The topological polar surface area (TPSA) is 46.2 Å². The number of benzene rings is 1. The number of hydrogen-bond donors (Lipinski definition) is 0. The van der Waals surface area contributed by atoms with Gasteiger partial charge in [-0.15, -0.1) is 13.2 Å². The molecule has 0 amide bonds. The molecule has 0 radical (unpaired) electrons. The van der Waals surface area contributed by atoms with Crippen LogP contribution in [0.15, 0.2) is 55.3 Å². The highest BCUT2D eigenvalue weighted by atomic mass is 28.4. The maximum atomic E-state index is 5.42. The van der Waals surface area contributed by atoms with Crippen LogP contribution in [0.3, 0.4) is 0 Å². The van der Waals surface area contributed by atoms with Crippen LogP contribution in [-0.2, 0) is 22.1 Å². The lowest BCUT2D eigenvalue weighted by Crippen LogP contribution is -2.50. The summed E-state index contributed by atoms with van der Waals surface area (Å²) in [6.07, 6.45) is 1.82. The highest BCUT2D eigenvalue weighted by Gasteiger charge is 2.34. The van der Waals surface area contributed by atoms with Crippen LogP contribution < -0.4 is 5.19 Å². The van der Waals surface area contributed by atoms with Crippen LogP contribution in [-0.4, -0.2) is 61.7 Å². The van der Waals surface area contributed by atoms with Gasteiger partial charge in [-0.05, 0) is 30.5 Å². The molecule has 0 saturated carbocycles. The first kappa shape index (κ1) is 28.4. The van der Waals surface area contributed by atoms with E-state index in [0.717, 1.165) is 11.2 Å². The zero-order valence-electron chi connectivity index (χ0n) is 18.3. The van der Waals surface area contributed by atoms with Gasteiger partial charge in [-0.25, -0.2) is 0 Å². The number of allylic oxidation sites excluding steroid dienone is 1. The van der Waals surface area contributed by atoms with Gasteiger partial charge < -0.3 is 22.1 Å². The Morgan fingerprint density at radius 2 is 1.30 bits per heavy atom. The van der Waals surface area contributed by atoms with Crippen molar-refractivity contribution >= 4 is 31.3 Å². The van der Waals surface area contributed by atoms with Crippen LogP contribution >= 0.6 is 0 Å². The van der Waals surface area contributed by atoms with Crippen molar-refractivity contribution in [2.45, 2.75) is 25.7 Å². The van der Waals surface area contributed by atoms with Gasteiger partial charge in [0.2, 0.25) is 0 Å². The summed E-state index contributed by atoms with van der Waals surface area (Å²) in [6, 6.07) is 10.8. The third-order valence-corrected chi connectivity index (χ3v) is 9.43. The van der Waals surface area contributed by atoms with Crippen LogP contribution in [0.2, 0.25) is 25.7 Å². The van der Waals surface area contributed by atoms with E-state index < -0.39 is 26.2 Å². The highest BCUT2D eigenvalue weighted by Crippen LogP contribution is 2.06. The van der Waals surface area contributed by atoms with Crippen molar-refractivity contribution < 1.29 is 22.1 Å². The monoisotopic (exact) mass is 430 g/mol. The van der Waals surface area contributed by atoms with Crippen molar-refractivity contribution in [1.29, 1.82) is 0 Å². The second-order valence-electron chi connectivity index (χ2n) is 6.39. The van der Waals surface area contributed by atoms with Crippen molar-refractivity contribution in [3.05, 3.63) is 55.3 Å². The predicted octanol–water partition coefficient (Wildman–Crippen LogP) is 3.51. The maximum Gasteiger partial charge on any atom is 0.398 e. The van der Waals surface area contributed by atoms with Gasteiger partial charge in [0, 0.05) is 41.6 Å². The molecule has 0 saturated heterocycles. The predicted molar refractivity (Wildman–Crippen MR) is 123 cm³/mol. The summed E-state index contributed by atoms with van der Waals surface area (Å²) in [7, 11) is 3.65. The second-order valence-corrected chi connectivity index (χ2v) is 16.4. The summed E-state index contributed by atoms with van der Waals surface area (Å²) in [5.74, 6) is 0. The Hall–Kier alpha value is -0.849. The molecule has 0 aliphatic heterocycles. The Kier molecular flexibility index (Phi) is 17.0. The minimum atomic E-state index is -2.33. The largest absolute Gasteiger partial charge is 0.421 e. The molecule has 0 fully saturated rings. The van der Waals surface area contributed by atoms with Crippen molar-refractivity contribution in [3.8, 4) is 0 Å². The third-order valence-electron chi connectivity index (χ3n) is 3.55. The summed E-state index contributed by atoms with van der Waals surface area (Å²) < 4.78 is 25.9. The molecule has 0 N–H and O–H groups in total. The Labute approximate surface area is 170 Å². The molecule has 0 aromatic heterocycles. The van der Waals surface area contributed by atoms with E-state index in [-0.39, 0.29) is 0 Å². The molecule has 1 aromatic carbocycles. The molecular formula is C19H38O5Si3. The standard InChI is InChI=1S/C10H14O2Si.C5H12O2Si.C4H12OSi/c1-4-13(11-2,12-3)10-8-6-5-7-9-10;1-4-5-8(6-2)7-3;1-5-6(2,3)4/h4-9H,1H2,2-3H3;4,8H,1,5H2,2-3H3;1-4H3. The first-order valence-corrected chi connectivity index (χ1v) is 15.8. The SMILES string of the molecule is C=CC[SiH](OC)OC.C=C[Si](OC)(OC)c1ccccc1.CO[Si](C)(C)C. The Morgan fingerprint density at radius 3 is 1.52 bits per heavy atom. The van der Waals surface area contributed by atoms with E-state index in [1.807, 2.05) is 36.4 Å². The molecule has 0 unspecified atom stereocenters. The van der Waals surface area contributed by atoms with Gasteiger partial charge >= 0.3 is 17.8 Å². The van der Waals surface area contributed by atoms with E-state index in [1.165, 1.54) is 0 Å². The first-order chi connectivity index (χ1) is 12.7. The molecule has 8 heteroatoms. The maximum absolute atomic E-state index is 5.42. The lowest BCUT2D eigenvalue weighted by molar-refractivity contribution is 0.271. The molecule has 27 heavy (non-hydrogen) atoms. The van der Waals surface area contributed by atoms with Crippen LogP contribution in [0, 0.1) is 0 Å². The second kappa shape index (κ2) is 16.1. The zero-order chi connectivity index (χ0) is 21.3. The summed E-state index contributed by atoms with van der Waals surface area (Å²) in [6.45, 7) is 13.8. The smallest absolute Gasteiger partial charge is 0.398 e. The molecule has 0 bridgehead atoms. The number of hydrogen-bond acceptors (Lipinski definition) is 5. The van der Waals surface area contributed by atoms with Gasteiger partial charge in [0.05, 0.1) is 0 Å². The fourth-order valence-electron chi connectivity index (χ4n) is 1.70. The first-order valence-electron chi connectivity index (χ1n) is 8.71. The van der Waals surface area contributed by atoms with Gasteiger partial charge in [-0.3, -0.25) is 0 Å². The lowest BCUT2D eigenvalue weighted by Gasteiger charge is -2.23. The van der Waals surface area contributed by atoms with E-state index in [2.05, 4.69) is 32.8 Å². The molecule has 5 nitrogen and oxygen atoms in total. The van der Waals surface area contributed by atoms with E-state index in [4.69, 9.17) is 22.1 Å². The van der Waals surface area contributed by atoms with Crippen molar-refractivity contribution in [2.24, 2.45) is 0 Å². The summed E-state index contributed by atoms with van der Waals surface area (Å²) in [5, 5.41) is 1.08. The molecule has 0 spiro atoms. The molecule has 156 valence electrons. The Bertz CT molecular complexity index is 484. The molecule has 0 heterocycles. The molecule has 0 atom stereocenters. The van der Waals surface area contributed by atoms with Crippen molar-refractivity contribution in [3.63, 3.8) is 0 Å². The van der Waals surface area contributed by atoms with E-state index in [1.54, 1.807) is 41.2 Å². The van der Waals surface area contributed by atoms with Gasteiger partial charge in [-0.2, -0.15) is 0 Å². The van der Waals surface area contributed by atoms with Crippen LogP contribution in [0.25, 0.3) is 0 Å². The van der Waals surface area contributed by atoms with Crippen LogP contribution in [0.5, 0.6) is 0 Å². The molecular weight excluding hydrogens is 392 g/mol. The summed E-state index contributed by atoms with van der Waals surface area (Å²) in [4.78, 5) is 0. The Morgan fingerprint density at radius 1 is 0.852 bits per heavy atom. The third kappa shape index (κ3) is 13.0. The molecule has 1 aromatic rings. The zero-order valence-corrected chi connectivity index (χ0v) is 21.4. The quantitative estimate of drug-likeness (QED) is 0.443. The lowest BCUT2D eigenvalue weighted by atomic mass is 10.4. The average Bonchev–Trinajstić information content (AvgIpc) is 2.69. The summed E-state index contributed by atoms with van der Waals surface area (Å²) >= 11 is 0.